The Kier molecular flexibility index (Phi) is 9.59. The summed E-state index contributed by atoms with van der Waals surface area (Å²) in [5.74, 6) is 0.184. The number of nitrogens with two attached hydrogens (primary N) is 1. The highest BCUT2D eigenvalue weighted by Crippen LogP contribution is 2.23. The van der Waals surface area contributed by atoms with Gasteiger partial charge in [-0.05, 0) is 26.7 Å². The first-order valence-corrected chi connectivity index (χ1v) is 7.32. The van der Waals surface area contributed by atoms with Crippen LogP contribution in [0.1, 0.15) is 52.4 Å². The van der Waals surface area contributed by atoms with Crippen LogP contribution >= 0.6 is 12.4 Å². The van der Waals surface area contributed by atoms with Crippen molar-refractivity contribution in [3.05, 3.63) is 0 Å². The van der Waals surface area contributed by atoms with E-state index in [1.807, 2.05) is 13.8 Å². The fourth-order valence-corrected chi connectivity index (χ4v) is 2.45. The molecule has 0 saturated heterocycles. The fourth-order valence-electron chi connectivity index (χ4n) is 2.45. The smallest absolute Gasteiger partial charge is 0.223 e. The molecule has 0 heterocycles. The summed E-state index contributed by atoms with van der Waals surface area (Å²) in [4.78, 5) is 23.7. The van der Waals surface area contributed by atoms with Gasteiger partial charge < -0.3 is 16.4 Å². The van der Waals surface area contributed by atoms with E-state index >= 15 is 0 Å². The Labute approximate surface area is 127 Å². The summed E-state index contributed by atoms with van der Waals surface area (Å²) in [7, 11) is 0. The zero-order chi connectivity index (χ0) is 14.3. The molecule has 2 atom stereocenters. The second-order valence-electron chi connectivity index (χ2n) is 5.65. The van der Waals surface area contributed by atoms with Crippen molar-refractivity contribution in [2.45, 2.75) is 64.5 Å². The molecule has 0 aliphatic heterocycles. The van der Waals surface area contributed by atoms with Gasteiger partial charge in [0, 0.05) is 31.0 Å². The van der Waals surface area contributed by atoms with Crippen molar-refractivity contribution in [2.75, 3.05) is 6.54 Å². The lowest BCUT2D eigenvalue weighted by atomic mass is 9.88. The van der Waals surface area contributed by atoms with Gasteiger partial charge in [-0.2, -0.15) is 0 Å². The minimum absolute atomic E-state index is 0. The average molecular weight is 306 g/mol. The molecule has 0 spiro atoms. The number of rotatable bonds is 6. The maximum Gasteiger partial charge on any atom is 0.223 e. The van der Waals surface area contributed by atoms with Crippen molar-refractivity contribution in [2.24, 2.45) is 11.7 Å². The van der Waals surface area contributed by atoms with Crippen LogP contribution in [0.5, 0.6) is 0 Å². The van der Waals surface area contributed by atoms with E-state index in [0.717, 1.165) is 25.7 Å². The number of carbonyl (C=O) groups excluding carboxylic acids is 2. The highest BCUT2D eigenvalue weighted by molar-refractivity contribution is 5.85. The van der Waals surface area contributed by atoms with Gasteiger partial charge in [0.05, 0.1) is 0 Å². The molecule has 1 aliphatic rings. The van der Waals surface area contributed by atoms with Crippen LogP contribution in [-0.4, -0.2) is 30.4 Å². The number of halogens is 1. The highest BCUT2D eigenvalue weighted by atomic mass is 35.5. The molecule has 1 aliphatic carbocycles. The van der Waals surface area contributed by atoms with Crippen molar-refractivity contribution in [1.29, 1.82) is 0 Å². The zero-order valence-corrected chi connectivity index (χ0v) is 13.3. The van der Waals surface area contributed by atoms with Gasteiger partial charge in [0.15, 0.2) is 0 Å². The van der Waals surface area contributed by atoms with Gasteiger partial charge in [0.1, 0.15) is 0 Å². The zero-order valence-electron chi connectivity index (χ0n) is 12.5. The van der Waals surface area contributed by atoms with Crippen LogP contribution in [-0.2, 0) is 9.59 Å². The third-order valence-electron chi connectivity index (χ3n) is 3.62. The third-order valence-corrected chi connectivity index (χ3v) is 3.62. The Balaban J connectivity index is 0.00000361. The largest absolute Gasteiger partial charge is 0.353 e. The summed E-state index contributed by atoms with van der Waals surface area (Å²) in [5, 5.41) is 5.74. The molecule has 2 amide bonds. The van der Waals surface area contributed by atoms with E-state index in [9.17, 15) is 9.59 Å². The van der Waals surface area contributed by atoms with E-state index in [1.165, 1.54) is 6.42 Å². The second kappa shape index (κ2) is 10.00. The number of hydrogen-bond donors (Lipinski definition) is 3. The van der Waals surface area contributed by atoms with Gasteiger partial charge in [-0.15, -0.1) is 12.4 Å². The topological polar surface area (TPSA) is 84.2 Å². The summed E-state index contributed by atoms with van der Waals surface area (Å²) in [6.45, 7) is 4.16. The van der Waals surface area contributed by atoms with Crippen LogP contribution in [0.2, 0.25) is 0 Å². The van der Waals surface area contributed by atoms with Gasteiger partial charge in [0.25, 0.3) is 0 Å². The maximum absolute atomic E-state index is 12.0. The first kappa shape index (κ1) is 19.2. The van der Waals surface area contributed by atoms with Crippen LogP contribution in [0.15, 0.2) is 0 Å². The van der Waals surface area contributed by atoms with E-state index < -0.39 is 0 Å². The standard InChI is InChI=1S/C14H27N3O2.ClH/c1-10(8-13(18)16-11(2)9-15)17-14(19)12-6-4-3-5-7-12;/h10-12H,3-9,15H2,1-2H3,(H,16,18)(H,17,19);1H/t10?,11-;/m0./s1. The van der Waals surface area contributed by atoms with Gasteiger partial charge >= 0.3 is 0 Å². The summed E-state index contributed by atoms with van der Waals surface area (Å²) in [6, 6.07) is -0.145. The monoisotopic (exact) mass is 305 g/mol. The van der Waals surface area contributed by atoms with Crippen LogP contribution in [0, 0.1) is 5.92 Å². The second-order valence-corrected chi connectivity index (χ2v) is 5.65. The molecule has 1 fully saturated rings. The Morgan fingerprint density at radius 2 is 1.70 bits per heavy atom. The fraction of sp³-hybridized carbons (Fsp3) is 0.857. The van der Waals surface area contributed by atoms with Gasteiger partial charge in [-0.3, -0.25) is 9.59 Å². The van der Waals surface area contributed by atoms with Crippen molar-refractivity contribution < 1.29 is 9.59 Å². The first-order valence-electron chi connectivity index (χ1n) is 7.32. The molecule has 0 aromatic carbocycles. The molecule has 20 heavy (non-hydrogen) atoms. The molecule has 1 unspecified atom stereocenters. The average Bonchev–Trinajstić information content (AvgIpc) is 2.39. The number of hydrogen-bond acceptors (Lipinski definition) is 3. The summed E-state index contributed by atoms with van der Waals surface area (Å²) < 4.78 is 0. The van der Waals surface area contributed by atoms with Crippen LogP contribution in [0.25, 0.3) is 0 Å². The molecular formula is C14H28ClN3O2. The van der Waals surface area contributed by atoms with Crippen molar-refractivity contribution in [3.8, 4) is 0 Å². The minimum atomic E-state index is -0.126. The molecule has 0 aromatic rings. The Morgan fingerprint density at radius 1 is 1.10 bits per heavy atom. The Bertz CT molecular complexity index is 307. The third kappa shape index (κ3) is 7.10. The molecule has 0 bridgehead atoms. The lowest BCUT2D eigenvalue weighted by molar-refractivity contribution is -0.127. The molecule has 5 nitrogen and oxygen atoms in total. The molecule has 4 N–H and O–H groups in total. The maximum atomic E-state index is 12.0. The number of amides is 2. The molecule has 1 rings (SSSR count). The van der Waals surface area contributed by atoms with Crippen molar-refractivity contribution >= 4 is 24.2 Å². The molecule has 0 aromatic heterocycles. The molecule has 0 radical (unpaired) electrons. The SMILES string of the molecule is CC(CC(=O)N[C@@H](C)CN)NC(=O)C1CCCCC1.Cl. The van der Waals surface area contributed by atoms with Crippen LogP contribution in [0.4, 0.5) is 0 Å². The van der Waals surface area contributed by atoms with E-state index in [4.69, 9.17) is 5.73 Å². The normalized spacial score (nSPS) is 18.6. The number of nitrogens with one attached hydrogen (secondary N) is 2. The van der Waals surface area contributed by atoms with Crippen molar-refractivity contribution in [1.82, 2.24) is 10.6 Å². The van der Waals surface area contributed by atoms with E-state index in [1.54, 1.807) is 0 Å². The lowest BCUT2D eigenvalue weighted by Gasteiger charge is -2.23. The molecular weight excluding hydrogens is 278 g/mol. The van der Waals surface area contributed by atoms with E-state index in [0.29, 0.717) is 13.0 Å². The predicted molar refractivity (Wildman–Crippen MR) is 82.7 cm³/mol. The first-order chi connectivity index (χ1) is 9.02. The predicted octanol–water partition coefficient (Wildman–Crippen LogP) is 1.35. The molecule has 1 saturated carbocycles. The summed E-state index contributed by atoms with van der Waals surface area (Å²) >= 11 is 0. The summed E-state index contributed by atoms with van der Waals surface area (Å²) in [6.07, 6.45) is 5.79. The Hall–Kier alpha value is -0.810. The number of carbonyl (C=O) groups is 2. The lowest BCUT2D eigenvalue weighted by Crippen LogP contribution is -2.43. The molecule has 118 valence electrons. The highest BCUT2D eigenvalue weighted by Gasteiger charge is 2.22. The van der Waals surface area contributed by atoms with Crippen LogP contribution < -0.4 is 16.4 Å². The minimum Gasteiger partial charge on any atom is -0.353 e. The Morgan fingerprint density at radius 3 is 2.25 bits per heavy atom. The van der Waals surface area contributed by atoms with E-state index in [2.05, 4.69) is 10.6 Å². The summed E-state index contributed by atoms with van der Waals surface area (Å²) in [5.41, 5.74) is 5.44. The van der Waals surface area contributed by atoms with Crippen molar-refractivity contribution in [3.63, 3.8) is 0 Å². The van der Waals surface area contributed by atoms with Gasteiger partial charge in [-0.25, -0.2) is 0 Å². The quantitative estimate of drug-likeness (QED) is 0.692. The molecule has 6 heteroatoms. The van der Waals surface area contributed by atoms with Crippen LogP contribution in [0.3, 0.4) is 0 Å². The van der Waals surface area contributed by atoms with Gasteiger partial charge in [0.2, 0.25) is 11.8 Å². The van der Waals surface area contributed by atoms with Gasteiger partial charge in [-0.1, -0.05) is 19.3 Å². The van der Waals surface area contributed by atoms with E-state index in [-0.39, 0.29) is 42.2 Å².